The molecule has 0 spiro atoms. The first-order valence-corrected chi connectivity index (χ1v) is 5.78. The minimum atomic E-state index is 0.341. The van der Waals surface area contributed by atoms with E-state index in [1.807, 2.05) is 24.3 Å². The quantitative estimate of drug-likeness (QED) is 0.723. The van der Waals surface area contributed by atoms with Crippen LogP contribution in [0.5, 0.6) is 5.75 Å². The Morgan fingerprint density at radius 1 is 1.20 bits per heavy atom. The summed E-state index contributed by atoms with van der Waals surface area (Å²) in [6.45, 7) is 4.37. The zero-order chi connectivity index (χ0) is 11.1. The van der Waals surface area contributed by atoms with Crippen molar-refractivity contribution in [2.45, 2.75) is 45.6 Å². The zero-order valence-electron chi connectivity index (χ0n) is 9.70. The molecule has 1 rings (SSSR count). The Hall–Kier alpha value is -1.18. The third-order valence-electron chi connectivity index (χ3n) is 2.52. The second-order valence-corrected chi connectivity index (χ2v) is 3.86. The standard InChI is InChI=1S/C13H21NO/c1-3-5-6-12(4-2)15-13-9-7-11(14)8-10-13/h7-10,12H,3-6,14H2,1-2H3. The van der Waals surface area contributed by atoms with E-state index in [2.05, 4.69) is 13.8 Å². The highest BCUT2D eigenvalue weighted by atomic mass is 16.5. The first-order chi connectivity index (χ1) is 7.26. The van der Waals surface area contributed by atoms with E-state index in [1.165, 1.54) is 12.8 Å². The fourth-order valence-corrected chi connectivity index (χ4v) is 1.52. The second kappa shape index (κ2) is 6.33. The van der Waals surface area contributed by atoms with Gasteiger partial charge in [0.25, 0.3) is 0 Å². The van der Waals surface area contributed by atoms with E-state index in [0.29, 0.717) is 6.10 Å². The van der Waals surface area contributed by atoms with Gasteiger partial charge in [-0.3, -0.25) is 0 Å². The van der Waals surface area contributed by atoms with Crippen molar-refractivity contribution in [2.75, 3.05) is 5.73 Å². The number of nitrogen functional groups attached to an aromatic ring is 1. The lowest BCUT2D eigenvalue weighted by Gasteiger charge is -2.17. The molecule has 0 aromatic heterocycles. The lowest BCUT2D eigenvalue weighted by atomic mass is 10.1. The molecule has 0 fully saturated rings. The van der Waals surface area contributed by atoms with Crippen molar-refractivity contribution in [1.29, 1.82) is 0 Å². The summed E-state index contributed by atoms with van der Waals surface area (Å²) in [4.78, 5) is 0. The summed E-state index contributed by atoms with van der Waals surface area (Å²) in [6, 6.07) is 7.62. The molecule has 15 heavy (non-hydrogen) atoms. The van der Waals surface area contributed by atoms with E-state index in [4.69, 9.17) is 10.5 Å². The third kappa shape index (κ3) is 4.24. The maximum Gasteiger partial charge on any atom is 0.119 e. The second-order valence-electron chi connectivity index (χ2n) is 3.86. The van der Waals surface area contributed by atoms with E-state index in [1.54, 1.807) is 0 Å². The molecule has 1 atom stereocenters. The molecule has 0 saturated heterocycles. The third-order valence-corrected chi connectivity index (χ3v) is 2.52. The molecule has 2 nitrogen and oxygen atoms in total. The molecule has 0 radical (unpaired) electrons. The topological polar surface area (TPSA) is 35.2 Å². The number of hydrogen-bond donors (Lipinski definition) is 1. The van der Waals surface area contributed by atoms with Gasteiger partial charge in [0.05, 0.1) is 6.10 Å². The van der Waals surface area contributed by atoms with E-state index in [9.17, 15) is 0 Å². The van der Waals surface area contributed by atoms with Crippen LogP contribution in [0.25, 0.3) is 0 Å². The summed E-state index contributed by atoms with van der Waals surface area (Å²) in [6.07, 6.45) is 4.99. The Morgan fingerprint density at radius 3 is 2.40 bits per heavy atom. The van der Waals surface area contributed by atoms with E-state index >= 15 is 0 Å². The fraction of sp³-hybridized carbons (Fsp3) is 0.538. The highest BCUT2D eigenvalue weighted by molar-refractivity contribution is 5.41. The molecule has 0 saturated carbocycles. The maximum absolute atomic E-state index is 5.87. The molecule has 2 heteroatoms. The Labute approximate surface area is 92.4 Å². The number of rotatable bonds is 6. The van der Waals surface area contributed by atoms with Crippen LogP contribution in [-0.2, 0) is 0 Å². The van der Waals surface area contributed by atoms with E-state index < -0.39 is 0 Å². The minimum absolute atomic E-state index is 0.341. The van der Waals surface area contributed by atoms with Gasteiger partial charge in [-0.2, -0.15) is 0 Å². The largest absolute Gasteiger partial charge is 0.490 e. The summed E-state index contributed by atoms with van der Waals surface area (Å²) in [5.41, 5.74) is 6.40. The van der Waals surface area contributed by atoms with Gasteiger partial charge in [-0.25, -0.2) is 0 Å². The monoisotopic (exact) mass is 207 g/mol. The Kier molecular flexibility index (Phi) is 5.02. The number of hydrogen-bond acceptors (Lipinski definition) is 2. The summed E-state index contributed by atoms with van der Waals surface area (Å²) in [5, 5.41) is 0. The lowest BCUT2D eigenvalue weighted by molar-refractivity contribution is 0.183. The van der Waals surface area contributed by atoms with Crippen LogP contribution >= 0.6 is 0 Å². The normalized spacial score (nSPS) is 12.4. The first kappa shape index (κ1) is 11.9. The Bertz CT molecular complexity index is 268. The number of unbranched alkanes of at least 4 members (excludes halogenated alkanes) is 1. The van der Waals surface area contributed by atoms with Gasteiger partial charge < -0.3 is 10.5 Å². The number of benzene rings is 1. The smallest absolute Gasteiger partial charge is 0.119 e. The van der Waals surface area contributed by atoms with Gasteiger partial charge >= 0.3 is 0 Å². The van der Waals surface area contributed by atoms with Gasteiger partial charge in [-0.15, -0.1) is 0 Å². The highest BCUT2D eigenvalue weighted by Crippen LogP contribution is 2.18. The van der Waals surface area contributed by atoms with Gasteiger partial charge in [0, 0.05) is 5.69 Å². The predicted molar refractivity (Wildman–Crippen MR) is 65.1 cm³/mol. The number of ether oxygens (including phenoxy) is 1. The molecule has 0 aliphatic heterocycles. The van der Waals surface area contributed by atoms with Crippen LogP contribution in [-0.4, -0.2) is 6.10 Å². The van der Waals surface area contributed by atoms with Crippen molar-refractivity contribution in [3.8, 4) is 5.75 Å². The van der Waals surface area contributed by atoms with Crippen LogP contribution in [0.15, 0.2) is 24.3 Å². The fourth-order valence-electron chi connectivity index (χ4n) is 1.52. The molecule has 1 aromatic carbocycles. The van der Waals surface area contributed by atoms with Crippen LogP contribution in [0.2, 0.25) is 0 Å². The van der Waals surface area contributed by atoms with Crippen molar-refractivity contribution in [2.24, 2.45) is 0 Å². The van der Waals surface area contributed by atoms with Crippen LogP contribution < -0.4 is 10.5 Å². The molecule has 0 heterocycles. The van der Waals surface area contributed by atoms with Crippen LogP contribution in [0.3, 0.4) is 0 Å². The summed E-state index contributed by atoms with van der Waals surface area (Å²) in [5.74, 6) is 0.923. The Balaban J connectivity index is 2.47. The Morgan fingerprint density at radius 2 is 1.87 bits per heavy atom. The zero-order valence-corrected chi connectivity index (χ0v) is 9.70. The van der Waals surface area contributed by atoms with Crippen LogP contribution in [0.4, 0.5) is 5.69 Å². The van der Waals surface area contributed by atoms with E-state index in [-0.39, 0.29) is 0 Å². The molecule has 1 unspecified atom stereocenters. The van der Waals surface area contributed by atoms with Gasteiger partial charge in [-0.1, -0.05) is 26.7 Å². The number of nitrogens with two attached hydrogens (primary N) is 1. The lowest BCUT2D eigenvalue weighted by Crippen LogP contribution is -2.14. The minimum Gasteiger partial charge on any atom is -0.490 e. The van der Waals surface area contributed by atoms with Crippen LogP contribution in [0.1, 0.15) is 39.5 Å². The number of anilines is 1. The summed E-state index contributed by atoms with van der Waals surface area (Å²) >= 11 is 0. The average molecular weight is 207 g/mol. The first-order valence-electron chi connectivity index (χ1n) is 5.78. The molecule has 1 aromatic rings. The van der Waals surface area contributed by atoms with Crippen molar-refractivity contribution in [3.63, 3.8) is 0 Å². The van der Waals surface area contributed by atoms with Crippen molar-refractivity contribution in [3.05, 3.63) is 24.3 Å². The predicted octanol–water partition coefficient (Wildman–Crippen LogP) is 3.62. The van der Waals surface area contributed by atoms with Gasteiger partial charge in [0.1, 0.15) is 5.75 Å². The van der Waals surface area contributed by atoms with Gasteiger partial charge in [0.2, 0.25) is 0 Å². The van der Waals surface area contributed by atoms with Crippen molar-refractivity contribution < 1.29 is 4.74 Å². The van der Waals surface area contributed by atoms with Crippen LogP contribution in [0, 0.1) is 0 Å². The average Bonchev–Trinajstić information content (AvgIpc) is 2.27. The SMILES string of the molecule is CCCCC(CC)Oc1ccc(N)cc1. The molecule has 0 aliphatic rings. The van der Waals surface area contributed by atoms with Crippen molar-refractivity contribution >= 4 is 5.69 Å². The van der Waals surface area contributed by atoms with Gasteiger partial charge in [0.15, 0.2) is 0 Å². The molecule has 84 valence electrons. The van der Waals surface area contributed by atoms with Gasteiger partial charge in [-0.05, 0) is 37.1 Å². The molecular weight excluding hydrogens is 186 g/mol. The molecule has 0 amide bonds. The summed E-state index contributed by atoms with van der Waals surface area (Å²) in [7, 11) is 0. The van der Waals surface area contributed by atoms with Crippen molar-refractivity contribution in [1.82, 2.24) is 0 Å². The maximum atomic E-state index is 5.87. The molecule has 2 N–H and O–H groups in total. The summed E-state index contributed by atoms with van der Waals surface area (Å²) < 4.78 is 5.87. The molecule has 0 bridgehead atoms. The molecule has 0 aliphatic carbocycles. The molecular formula is C13H21NO. The highest BCUT2D eigenvalue weighted by Gasteiger charge is 2.06. The van der Waals surface area contributed by atoms with E-state index in [0.717, 1.165) is 24.3 Å².